The van der Waals surface area contributed by atoms with Crippen LogP contribution in [0.5, 0.6) is 0 Å². The fourth-order valence-corrected chi connectivity index (χ4v) is 4.46. The summed E-state index contributed by atoms with van der Waals surface area (Å²) >= 11 is 1.72. The molecule has 1 aliphatic heterocycles. The minimum absolute atomic E-state index is 0.156. The van der Waals surface area contributed by atoms with Crippen molar-refractivity contribution in [2.24, 2.45) is 0 Å². The van der Waals surface area contributed by atoms with Gasteiger partial charge in [-0.25, -0.2) is 0 Å². The number of ether oxygens (including phenoxy) is 1. The van der Waals surface area contributed by atoms with Crippen molar-refractivity contribution in [3.05, 3.63) is 57.5 Å². The van der Waals surface area contributed by atoms with Crippen molar-refractivity contribution in [3.8, 4) is 0 Å². The predicted octanol–water partition coefficient (Wildman–Crippen LogP) is 3.91. The van der Waals surface area contributed by atoms with Crippen LogP contribution >= 0.6 is 11.3 Å². The van der Waals surface area contributed by atoms with Crippen LogP contribution in [0.15, 0.2) is 40.1 Å². The molecule has 1 N–H and O–H groups in total. The van der Waals surface area contributed by atoms with Crippen LogP contribution in [0.25, 0.3) is 11.0 Å². The van der Waals surface area contributed by atoms with Gasteiger partial charge in [0, 0.05) is 35.5 Å². The molecule has 4 rings (SSSR count). The highest BCUT2D eigenvalue weighted by Crippen LogP contribution is 2.28. The Morgan fingerprint density at radius 3 is 2.81 bits per heavy atom. The third kappa shape index (κ3) is 3.78. The standard InChI is InChI=1S/C21H24N2O3S/c1-14-5-6-16-15(2)20(26-18(16)12-14)21(24)22-13-17(19-4-3-11-27-19)23-7-9-25-10-8-23/h3-6,11-12,17H,7-10,13H2,1-2H3,(H,22,24)/t17-/m0/s1. The summed E-state index contributed by atoms with van der Waals surface area (Å²) in [7, 11) is 0. The number of benzene rings is 1. The Hall–Kier alpha value is -2.15. The van der Waals surface area contributed by atoms with E-state index in [2.05, 4.69) is 27.7 Å². The van der Waals surface area contributed by atoms with E-state index in [1.165, 1.54) is 4.88 Å². The SMILES string of the molecule is Cc1ccc2c(C)c(C(=O)NC[C@@H](c3cccs3)N3CCOCC3)oc2c1. The van der Waals surface area contributed by atoms with Crippen molar-refractivity contribution in [1.29, 1.82) is 0 Å². The summed E-state index contributed by atoms with van der Waals surface area (Å²) in [4.78, 5) is 16.5. The van der Waals surface area contributed by atoms with Crippen LogP contribution in [0.3, 0.4) is 0 Å². The Labute approximate surface area is 162 Å². The molecule has 1 aromatic carbocycles. The summed E-state index contributed by atoms with van der Waals surface area (Å²) in [6.07, 6.45) is 0. The first kappa shape index (κ1) is 18.2. The topological polar surface area (TPSA) is 54.7 Å². The van der Waals surface area contributed by atoms with Crippen LogP contribution < -0.4 is 5.32 Å². The molecule has 142 valence electrons. The molecule has 0 bridgehead atoms. The van der Waals surface area contributed by atoms with Gasteiger partial charge >= 0.3 is 0 Å². The molecule has 0 spiro atoms. The summed E-state index contributed by atoms with van der Waals surface area (Å²) in [6, 6.07) is 10.4. The second-order valence-electron chi connectivity index (χ2n) is 6.95. The fraction of sp³-hybridized carbons (Fsp3) is 0.381. The summed E-state index contributed by atoms with van der Waals surface area (Å²) in [5.41, 5.74) is 2.77. The van der Waals surface area contributed by atoms with Gasteiger partial charge in [-0.3, -0.25) is 9.69 Å². The van der Waals surface area contributed by atoms with E-state index in [1.807, 2.05) is 32.0 Å². The molecule has 2 aromatic heterocycles. The van der Waals surface area contributed by atoms with E-state index >= 15 is 0 Å². The molecule has 27 heavy (non-hydrogen) atoms. The van der Waals surface area contributed by atoms with Gasteiger partial charge in [0.1, 0.15) is 5.58 Å². The van der Waals surface area contributed by atoms with Crippen LogP contribution in [0.2, 0.25) is 0 Å². The maximum atomic E-state index is 12.8. The van der Waals surface area contributed by atoms with E-state index in [4.69, 9.17) is 9.15 Å². The van der Waals surface area contributed by atoms with Crippen molar-refractivity contribution in [3.63, 3.8) is 0 Å². The Kier molecular flexibility index (Phi) is 5.29. The Balaban J connectivity index is 1.52. The predicted molar refractivity (Wildman–Crippen MR) is 107 cm³/mol. The highest BCUT2D eigenvalue weighted by Gasteiger charge is 2.25. The quantitative estimate of drug-likeness (QED) is 0.725. The average molecular weight is 385 g/mol. The number of aryl methyl sites for hydroxylation is 2. The van der Waals surface area contributed by atoms with Crippen molar-refractivity contribution in [2.45, 2.75) is 19.9 Å². The number of furan rings is 1. The number of nitrogens with one attached hydrogen (secondary N) is 1. The average Bonchev–Trinajstić information content (AvgIpc) is 3.31. The molecule has 0 unspecified atom stereocenters. The molecule has 1 saturated heterocycles. The fourth-order valence-electron chi connectivity index (χ4n) is 3.60. The van der Waals surface area contributed by atoms with Crippen LogP contribution in [-0.2, 0) is 4.74 Å². The zero-order valence-corrected chi connectivity index (χ0v) is 16.5. The van der Waals surface area contributed by atoms with Crippen LogP contribution in [0.4, 0.5) is 0 Å². The van der Waals surface area contributed by atoms with Crippen LogP contribution in [0, 0.1) is 13.8 Å². The summed E-state index contributed by atoms with van der Waals surface area (Å²) < 4.78 is 11.3. The molecule has 3 aromatic rings. The largest absolute Gasteiger partial charge is 0.451 e. The molecule has 3 heterocycles. The van der Waals surface area contributed by atoms with E-state index in [9.17, 15) is 4.79 Å². The molecule has 1 fully saturated rings. The lowest BCUT2D eigenvalue weighted by Gasteiger charge is -2.34. The van der Waals surface area contributed by atoms with E-state index in [0.717, 1.165) is 48.4 Å². The lowest BCUT2D eigenvalue weighted by molar-refractivity contribution is 0.0168. The molecule has 0 saturated carbocycles. The summed E-state index contributed by atoms with van der Waals surface area (Å²) in [6.45, 7) is 7.73. The van der Waals surface area contributed by atoms with E-state index in [1.54, 1.807) is 11.3 Å². The lowest BCUT2D eigenvalue weighted by Crippen LogP contribution is -2.43. The molecule has 1 aliphatic rings. The number of rotatable bonds is 5. The molecule has 0 aliphatic carbocycles. The molecular formula is C21H24N2O3S. The van der Waals surface area contributed by atoms with Crippen molar-refractivity contribution in [1.82, 2.24) is 10.2 Å². The highest BCUT2D eigenvalue weighted by molar-refractivity contribution is 7.10. The molecule has 1 amide bonds. The number of hydrogen-bond acceptors (Lipinski definition) is 5. The second-order valence-corrected chi connectivity index (χ2v) is 7.92. The first-order chi connectivity index (χ1) is 13.1. The summed E-state index contributed by atoms with van der Waals surface area (Å²) in [5, 5.41) is 6.17. The van der Waals surface area contributed by atoms with Crippen LogP contribution in [-0.4, -0.2) is 43.7 Å². The van der Waals surface area contributed by atoms with Gasteiger partial charge in [-0.2, -0.15) is 0 Å². The molecule has 6 heteroatoms. The number of carbonyl (C=O) groups excluding carboxylic acids is 1. The normalized spacial score (nSPS) is 16.5. The number of thiophene rings is 1. The van der Waals surface area contributed by atoms with Crippen molar-refractivity contribution in [2.75, 3.05) is 32.8 Å². The zero-order chi connectivity index (χ0) is 18.8. The van der Waals surface area contributed by atoms with E-state index < -0.39 is 0 Å². The second kappa shape index (κ2) is 7.84. The minimum Gasteiger partial charge on any atom is -0.451 e. The number of fused-ring (bicyclic) bond motifs is 1. The number of hydrogen-bond donors (Lipinski definition) is 1. The number of carbonyl (C=O) groups is 1. The van der Waals surface area contributed by atoms with Gasteiger partial charge in [0.05, 0.1) is 19.3 Å². The molecule has 1 atom stereocenters. The number of morpholine rings is 1. The first-order valence-corrected chi connectivity index (χ1v) is 10.1. The van der Waals surface area contributed by atoms with Gasteiger partial charge < -0.3 is 14.5 Å². The smallest absolute Gasteiger partial charge is 0.287 e. The third-order valence-electron chi connectivity index (χ3n) is 5.11. The van der Waals surface area contributed by atoms with Gasteiger partial charge in [0.15, 0.2) is 5.76 Å². The van der Waals surface area contributed by atoms with Crippen LogP contribution in [0.1, 0.15) is 32.6 Å². The first-order valence-electron chi connectivity index (χ1n) is 9.26. The van der Waals surface area contributed by atoms with Crippen molar-refractivity contribution >= 4 is 28.2 Å². The Morgan fingerprint density at radius 2 is 2.07 bits per heavy atom. The number of nitrogens with zero attached hydrogens (tertiary/aromatic N) is 1. The molecular weight excluding hydrogens is 360 g/mol. The summed E-state index contributed by atoms with van der Waals surface area (Å²) in [5.74, 6) is 0.249. The maximum Gasteiger partial charge on any atom is 0.287 e. The van der Waals surface area contributed by atoms with Gasteiger partial charge in [-0.05, 0) is 36.9 Å². The zero-order valence-electron chi connectivity index (χ0n) is 15.7. The highest BCUT2D eigenvalue weighted by atomic mass is 32.1. The third-order valence-corrected chi connectivity index (χ3v) is 6.09. The monoisotopic (exact) mass is 384 g/mol. The van der Waals surface area contributed by atoms with E-state index in [0.29, 0.717) is 12.3 Å². The Morgan fingerprint density at radius 1 is 1.26 bits per heavy atom. The lowest BCUT2D eigenvalue weighted by atomic mass is 10.1. The van der Waals surface area contributed by atoms with Gasteiger partial charge in [0.25, 0.3) is 5.91 Å². The van der Waals surface area contributed by atoms with Gasteiger partial charge in [-0.1, -0.05) is 18.2 Å². The Bertz CT molecular complexity index is 926. The molecule has 0 radical (unpaired) electrons. The number of amides is 1. The molecule has 5 nitrogen and oxygen atoms in total. The van der Waals surface area contributed by atoms with E-state index in [-0.39, 0.29) is 11.9 Å². The maximum absolute atomic E-state index is 12.8. The van der Waals surface area contributed by atoms with Crippen molar-refractivity contribution < 1.29 is 13.9 Å². The van der Waals surface area contributed by atoms with Gasteiger partial charge in [-0.15, -0.1) is 11.3 Å². The van der Waals surface area contributed by atoms with Gasteiger partial charge in [0.2, 0.25) is 0 Å². The minimum atomic E-state index is -0.156.